The normalized spacial score (nSPS) is 15.5. The molecule has 2 N–H and O–H groups in total. The number of pyridine rings is 1. The molecule has 5 nitrogen and oxygen atoms in total. The van der Waals surface area contributed by atoms with Gasteiger partial charge in [-0.2, -0.15) is 0 Å². The summed E-state index contributed by atoms with van der Waals surface area (Å²) in [5.74, 6) is 0.986. The molecular formula is C20H29N4O+. The summed E-state index contributed by atoms with van der Waals surface area (Å²) >= 11 is 0. The van der Waals surface area contributed by atoms with Gasteiger partial charge in [-0.05, 0) is 18.7 Å². The lowest BCUT2D eigenvalue weighted by atomic mass is 10.1. The van der Waals surface area contributed by atoms with Gasteiger partial charge in [-0.1, -0.05) is 37.6 Å². The van der Waals surface area contributed by atoms with E-state index in [0.29, 0.717) is 12.1 Å². The SMILES string of the molecule is CCCCNC(=O)c1cnc(N2CC[NH+](CC)CC2)c2ccccc12. The Hall–Kier alpha value is -2.14. The van der Waals surface area contributed by atoms with Crippen LogP contribution < -0.4 is 15.1 Å². The number of nitrogens with zero attached hydrogens (tertiary/aromatic N) is 2. The third-order valence-electron chi connectivity index (χ3n) is 5.10. The van der Waals surface area contributed by atoms with E-state index in [1.165, 1.54) is 6.54 Å². The van der Waals surface area contributed by atoms with Crippen LogP contribution in [0.5, 0.6) is 0 Å². The third-order valence-corrected chi connectivity index (χ3v) is 5.10. The second-order valence-corrected chi connectivity index (χ2v) is 6.74. The van der Waals surface area contributed by atoms with Gasteiger partial charge in [0.15, 0.2) is 0 Å². The molecule has 0 unspecified atom stereocenters. The van der Waals surface area contributed by atoms with E-state index in [-0.39, 0.29) is 5.91 Å². The first-order chi connectivity index (χ1) is 12.2. The van der Waals surface area contributed by atoms with Crippen LogP contribution in [-0.4, -0.2) is 50.2 Å². The Bertz CT molecular complexity index is 723. The van der Waals surface area contributed by atoms with Crippen molar-refractivity contribution in [3.05, 3.63) is 36.0 Å². The number of piperazine rings is 1. The topological polar surface area (TPSA) is 49.7 Å². The first-order valence-electron chi connectivity index (χ1n) is 9.49. The second-order valence-electron chi connectivity index (χ2n) is 6.74. The molecule has 1 aliphatic heterocycles. The van der Waals surface area contributed by atoms with Crippen molar-refractivity contribution in [1.29, 1.82) is 0 Å². The average molecular weight is 341 g/mol. The summed E-state index contributed by atoms with van der Waals surface area (Å²) in [6.45, 7) is 10.6. The molecule has 0 bridgehead atoms. The van der Waals surface area contributed by atoms with Crippen molar-refractivity contribution in [2.45, 2.75) is 26.7 Å². The van der Waals surface area contributed by atoms with Gasteiger partial charge in [-0.25, -0.2) is 4.98 Å². The molecule has 1 aromatic heterocycles. The number of benzene rings is 1. The molecule has 0 spiro atoms. The number of hydrogen-bond donors (Lipinski definition) is 2. The van der Waals surface area contributed by atoms with Crippen LogP contribution in [0.25, 0.3) is 10.8 Å². The summed E-state index contributed by atoms with van der Waals surface area (Å²) in [4.78, 5) is 21.2. The molecule has 5 heteroatoms. The lowest BCUT2D eigenvalue weighted by Crippen LogP contribution is -3.14. The van der Waals surface area contributed by atoms with E-state index in [2.05, 4.69) is 35.1 Å². The zero-order valence-electron chi connectivity index (χ0n) is 15.3. The van der Waals surface area contributed by atoms with Crippen molar-refractivity contribution in [2.24, 2.45) is 0 Å². The highest BCUT2D eigenvalue weighted by molar-refractivity contribution is 6.09. The van der Waals surface area contributed by atoms with E-state index in [1.807, 2.05) is 18.2 Å². The molecule has 1 amide bonds. The monoisotopic (exact) mass is 341 g/mol. The number of hydrogen-bond acceptors (Lipinski definition) is 3. The van der Waals surface area contributed by atoms with E-state index < -0.39 is 0 Å². The fourth-order valence-corrected chi connectivity index (χ4v) is 3.47. The van der Waals surface area contributed by atoms with Crippen molar-refractivity contribution in [3.8, 4) is 0 Å². The third kappa shape index (κ3) is 3.93. The first-order valence-corrected chi connectivity index (χ1v) is 9.49. The number of unbranched alkanes of at least 4 members (excludes halogenated alkanes) is 1. The summed E-state index contributed by atoms with van der Waals surface area (Å²) in [5, 5.41) is 5.08. The number of aromatic nitrogens is 1. The van der Waals surface area contributed by atoms with Crippen LogP contribution in [0.1, 0.15) is 37.0 Å². The molecule has 25 heavy (non-hydrogen) atoms. The largest absolute Gasteiger partial charge is 0.352 e. The fourth-order valence-electron chi connectivity index (χ4n) is 3.47. The summed E-state index contributed by atoms with van der Waals surface area (Å²) in [6.07, 6.45) is 3.82. The Morgan fingerprint density at radius 2 is 1.92 bits per heavy atom. The van der Waals surface area contributed by atoms with Crippen molar-refractivity contribution < 1.29 is 9.69 Å². The van der Waals surface area contributed by atoms with Gasteiger partial charge < -0.3 is 15.1 Å². The molecule has 1 fully saturated rings. The number of rotatable bonds is 6. The average Bonchev–Trinajstić information content (AvgIpc) is 2.67. The Morgan fingerprint density at radius 1 is 1.20 bits per heavy atom. The van der Waals surface area contributed by atoms with Crippen LogP contribution in [0.2, 0.25) is 0 Å². The number of fused-ring (bicyclic) bond motifs is 1. The molecule has 1 saturated heterocycles. The van der Waals surface area contributed by atoms with E-state index >= 15 is 0 Å². The van der Waals surface area contributed by atoms with Gasteiger partial charge in [0.05, 0.1) is 38.3 Å². The quantitative estimate of drug-likeness (QED) is 0.783. The maximum atomic E-state index is 12.5. The van der Waals surface area contributed by atoms with Crippen LogP contribution in [0.15, 0.2) is 30.5 Å². The number of anilines is 1. The Balaban J connectivity index is 1.87. The minimum atomic E-state index is -0.0241. The minimum Gasteiger partial charge on any atom is -0.352 e. The predicted octanol–water partition coefficient (Wildman–Crippen LogP) is 1.49. The van der Waals surface area contributed by atoms with Gasteiger partial charge in [0, 0.05) is 18.1 Å². The van der Waals surface area contributed by atoms with Gasteiger partial charge in [0.25, 0.3) is 5.91 Å². The van der Waals surface area contributed by atoms with Crippen molar-refractivity contribution >= 4 is 22.5 Å². The molecule has 2 aromatic rings. The summed E-state index contributed by atoms with van der Waals surface area (Å²) in [7, 11) is 0. The standard InChI is InChI=1S/C20H28N4O/c1-3-5-10-21-20(25)18-15-22-19(17-9-7-6-8-16(17)18)24-13-11-23(4-2)12-14-24/h6-9,15H,3-5,10-14H2,1-2H3,(H,21,25)/p+1. The number of likely N-dealkylation sites (N-methyl/N-ethyl adjacent to an activating group) is 1. The minimum absolute atomic E-state index is 0.0241. The van der Waals surface area contributed by atoms with Gasteiger partial charge in [0.2, 0.25) is 0 Å². The smallest absolute Gasteiger partial charge is 0.253 e. The number of carbonyl (C=O) groups excluding carboxylic acids is 1. The molecule has 134 valence electrons. The lowest BCUT2D eigenvalue weighted by Gasteiger charge is -2.33. The van der Waals surface area contributed by atoms with E-state index in [1.54, 1.807) is 11.1 Å². The number of amides is 1. The first kappa shape index (κ1) is 17.7. The fraction of sp³-hybridized carbons (Fsp3) is 0.500. The molecule has 2 heterocycles. The zero-order valence-corrected chi connectivity index (χ0v) is 15.3. The second kappa shape index (κ2) is 8.30. The molecule has 0 saturated carbocycles. The van der Waals surface area contributed by atoms with E-state index in [9.17, 15) is 4.79 Å². The molecule has 3 rings (SSSR count). The highest BCUT2D eigenvalue weighted by Crippen LogP contribution is 2.27. The van der Waals surface area contributed by atoms with Gasteiger partial charge in [0.1, 0.15) is 5.82 Å². The van der Waals surface area contributed by atoms with Gasteiger partial charge in [-0.3, -0.25) is 4.79 Å². The summed E-state index contributed by atoms with van der Waals surface area (Å²) < 4.78 is 0. The molecule has 0 radical (unpaired) electrons. The predicted molar refractivity (Wildman–Crippen MR) is 102 cm³/mol. The Morgan fingerprint density at radius 3 is 2.60 bits per heavy atom. The van der Waals surface area contributed by atoms with E-state index in [0.717, 1.165) is 55.6 Å². The van der Waals surface area contributed by atoms with Crippen molar-refractivity contribution in [2.75, 3.05) is 44.2 Å². The molecule has 0 atom stereocenters. The highest BCUT2D eigenvalue weighted by Gasteiger charge is 2.22. The summed E-state index contributed by atoms with van der Waals surface area (Å²) in [5.41, 5.74) is 0.674. The molecular weight excluding hydrogens is 312 g/mol. The Kier molecular flexibility index (Phi) is 5.87. The summed E-state index contributed by atoms with van der Waals surface area (Å²) in [6, 6.07) is 8.14. The van der Waals surface area contributed by atoms with Crippen LogP contribution in [0.4, 0.5) is 5.82 Å². The zero-order chi connectivity index (χ0) is 17.6. The highest BCUT2D eigenvalue weighted by atomic mass is 16.1. The number of carbonyl (C=O) groups is 1. The van der Waals surface area contributed by atoms with Crippen molar-refractivity contribution in [3.63, 3.8) is 0 Å². The molecule has 1 aromatic carbocycles. The Labute approximate surface area is 150 Å². The lowest BCUT2D eigenvalue weighted by molar-refractivity contribution is -0.898. The maximum absolute atomic E-state index is 12.5. The van der Waals surface area contributed by atoms with Crippen LogP contribution in [-0.2, 0) is 0 Å². The van der Waals surface area contributed by atoms with Crippen LogP contribution >= 0.6 is 0 Å². The van der Waals surface area contributed by atoms with Crippen molar-refractivity contribution in [1.82, 2.24) is 10.3 Å². The number of nitrogens with one attached hydrogen (secondary N) is 2. The van der Waals surface area contributed by atoms with Gasteiger partial charge >= 0.3 is 0 Å². The number of quaternary nitrogens is 1. The van der Waals surface area contributed by atoms with Crippen LogP contribution in [0.3, 0.4) is 0 Å². The maximum Gasteiger partial charge on any atom is 0.253 e. The van der Waals surface area contributed by atoms with E-state index in [4.69, 9.17) is 0 Å². The molecule has 0 aliphatic carbocycles. The molecule has 1 aliphatic rings. The van der Waals surface area contributed by atoms with Gasteiger partial charge in [-0.15, -0.1) is 0 Å². The van der Waals surface area contributed by atoms with Crippen LogP contribution in [0, 0.1) is 0 Å².